The van der Waals surface area contributed by atoms with Gasteiger partial charge in [-0.05, 0) is 0 Å². The van der Waals surface area contributed by atoms with Gasteiger partial charge in [0.2, 0.25) is 0 Å². The van der Waals surface area contributed by atoms with Crippen LogP contribution >= 0.6 is 0 Å². The number of rotatable bonds is 0. The van der Waals surface area contributed by atoms with Gasteiger partial charge < -0.3 is 0 Å². The summed E-state index contributed by atoms with van der Waals surface area (Å²) < 4.78 is 0. The van der Waals surface area contributed by atoms with E-state index in [-0.39, 0.29) is 102 Å². The largest absolute Gasteiger partial charge is 0.187 e. The van der Waals surface area contributed by atoms with Crippen molar-refractivity contribution in [3.8, 4) is 0 Å². The number of hydrogen-bond acceptors (Lipinski definition) is 0. The zero-order valence-electron chi connectivity index (χ0n) is 1.50. The van der Waals surface area contributed by atoms with Crippen LogP contribution in [-0.2, 0) is 43.4 Å². The second kappa shape index (κ2) is 16.2. The van der Waals surface area contributed by atoms with Crippen LogP contribution in [0, 0.1) is 40.8 Å². The summed E-state index contributed by atoms with van der Waals surface area (Å²) in [5, 5.41) is 0. The van der Waals surface area contributed by atoms with Crippen LogP contribution in [0.1, 0.15) is 0 Å². The molecule has 4 heteroatoms. The Kier molecular flexibility index (Phi) is 108. The first-order chi connectivity index (χ1) is 0. The van der Waals surface area contributed by atoms with Crippen LogP contribution in [0.15, 0.2) is 0 Å². The Morgan fingerprint density at radius 2 is 0.750 bits per heavy atom. The predicted molar refractivity (Wildman–Crippen MR) is 9.94 cm³/mol. The molecule has 0 spiro atoms. The summed E-state index contributed by atoms with van der Waals surface area (Å²) in [6.07, 6.45) is 0. The second-order valence-corrected chi connectivity index (χ2v) is 0. The van der Waals surface area contributed by atoms with Gasteiger partial charge in [-0.3, -0.25) is 0 Å². The maximum absolute atomic E-state index is 0. The van der Waals surface area contributed by atoms with Crippen molar-refractivity contribution in [2.75, 3.05) is 0 Å². The fourth-order valence-corrected chi connectivity index (χ4v) is 0. The van der Waals surface area contributed by atoms with Crippen LogP contribution in [0.4, 0.5) is 0 Å². The Balaban J connectivity index is 0. The molecular formula is H3AlNdTi2. The minimum Gasteiger partial charge on any atom is 0 e. The average molecular weight is 270 g/mol. The zero-order chi connectivity index (χ0) is 0. The quantitative estimate of drug-likeness (QED) is 0.486. The topological polar surface area (TPSA) is 0 Å². The predicted octanol–water partition coefficient (Wildman–Crippen LogP) is -1.19. The summed E-state index contributed by atoms with van der Waals surface area (Å²) in [7, 11) is 0. The molecule has 0 radical (unpaired) electrons. The Morgan fingerprint density at radius 1 is 0.750 bits per heavy atom. The van der Waals surface area contributed by atoms with E-state index in [1.165, 1.54) is 0 Å². The molecule has 0 aliphatic rings. The van der Waals surface area contributed by atoms with Gasteiger partial charge >= 0.3 is 0 Å². The van der Waals surface area contributed by atoms with E-state index < -0.39 is 0 Å². The van der Waals surface area contributed by atoms with Gasteiger partial charge in [-0.25, -0.2) is 0 Å². The first kappa shape index (κ1) is 26.6. The van der Waals surface area contributed by atoms with E-state index in [9.17, 15) is 0 Å². The van der Waals surface area contributed by atoms with Gasteiger partial charge in [0.05, 0.1) is 0 Å². The maximum atomic E-state index is 0. The molecule has 0 rings (SSSR count). The zero-order valence-corrected chi connectivity index (χ0v) is 7.83. The molecule has 0 nitrogen and oxygen atoms in total. The molecule has 0 heterocycles. The van der Waals surface area contributed by atoms with Crippen LogP contribution in [0.2, 0.25) is 0 Å². The van der Waals surface area contributed by atoms with Crippen LogP contribution < -0.4 is 0 Å². The van der Waals surface area contributed by atoms with E-state index in [4.69, 9.17) is 0 Å². The van der Waals surface area contributed by atoms with Crippen molar-refractivity contribution in [3.05, 3.63) is 0 Å². The molecule has 0 atom stereocenters. The van der Waals surface area contributed by atoms with E-state index >= 15 is 0 Å². The molecule has 0 aromatic carbocycles. The number of hydrogen-bond donors (Lipinski definition) is 0. The molecule has 0 unspecified atom stereocenters. The van der Waals surface area contributed by atoms with E-state index in [2.05, 4.69) is 0 Å². The SMILES string of the molecule is [AlH3].[Nd].[Ti].[Ti]. The van der Waals surface area contributed by atoms with Crippen molar-refractivity contribution < 1.29 is 84.3 Å². The van der Waals surface area contributed by atoms with Gasteiger partial charge in [-0.1, -0.05) is 0 Å². The molecular weight excluding hydrogens is 267 g/mol. The fraction of sp³-hybridized carbons (Fsp3) is 0. The monoisotopic (exact) mass is 268 g/mol. The molecule has 18 valence electrons. The minimum atomic E-state index is 0. The Labute approximate surface area is 99.3 Å². The van der Waals surface area contributed by atoms with Crippen LogP contribution in [0.25, 0.3) is 0 Å². The van der Waals surface area contributed by atoms with Crippen molar-refractivity contribution in [1.82, 2.24) is 0 Å². The van der Waals surface area contributed by atoms with Crippen LogP contribution in [0.3, 0.4) is 0 Å². The molecule has 0 saturated carbocycles. The summed E-state index contributed by atoms with van der Waals surface area (Å²) in [5.41, 5.74) is 0. The van der Waals surface area contributed by atoms with E-state index in [1.807, 2.05) is 0 Å². The van der Waals surface area contributed by atoms with Gasteiger partial charge in [-0.15, -0.1) is 0 Å². The summed E-state index contributed by atoms with van der Waals surface area (Å²) in [6.45, 7) is 0. The molecule has 0 aliphatic carbocycles. The molecule has 0 aromatic rings. The molecule has 0 fully saturated rings. The molecule has 0 aromatic heterocycles. The Bertz CT molecular complexity index is 6.00. The van der Waals surface area contributed by atoms with Crippen molar-refractivity contribution in [3.63, 3.8) is 0 Å². The Morgan fingerprint density at radius 3 is 0.750 bits per heavy atom. The molecule has 0 bridgehead atoms. The Hall–Kier alpha value is 3.31. The van der Waals surface area contributed by atoms with Crippen LogP contribution in [-0.4, -0.2) is 17.4 Å². The third kappa shape index (κ3) is 9.00. The maximum Gasteiger partial charge on any atom is 0.187 e. The normalized spacial score (nSPS) is 0. The van der Waals surface area contributed by atoms with Crippen LogP contribution in [0.5, 0.6) is 0 Å². The van der Waals surface area contributed by atoms with Gasteiger partial charge in [0.15, 0.2) is 17.4 Å². The summed E-state index contributed by atoms with van der Waals surface area (Å²) in [6, 6.07) is 0. The molecule has 0 saturated heterocycles. The van der Waals surface area contributed by atoms with Crippen molar-refractivity contribution in [1.29, 1.82) is 0 Å². The summed E-state index contributed by atoms with van der Waals surface area (Å²) in [4.78, 5) is 0. The van der Waals surface area contributed by atoms with Gasteiger partial charge in [-0.2, -0.15) is 0 Å². The van der Waals surface area contributed by atoms with Crippen molar-refractivity contribution in [2.24, 2.45) is 0 Å². The minimum absolute atomic E-state index is 0. The average Bonchev–Trinajstić information content (AvgIpc) is 0. The van der Waals surface area contributed by atoms with Gasteiger partial charge in [0.25, 0.3) is 0 Å². The third-order valence-corrected chi connectivity index (χ3v) is 0. The van der Waals surface area contributed by atoms with Gasteiger partial charge in [0.1, 0.15) is 0 Å². The van der Waals surface area contributed by atoms with Crippen molar-refractivity contribution >= 4 is 17.4 Å². The third-order valence-electron chi connectivity index (χ3n) is 0. The molecule has 4 heavy (non-hydrogen) atoms. The van der Waals surface area contributed by atoms with E-state index in [0.717, 1.165) is 0 Å². The first-order valence-corrected chi connectivity index (χ1v) is 0. The second-order valence-electron chi connectivity index (χ2n) is 0. The van der Waals surface area contributed by atoms with Gasteiger partial charge in [0, 0.05) is 84.3 Å². The molecule has 0 N–H and O–H groups in total. The van der Waals surface area contributed by atoms with E-state index in [0.29, 0.717) is 0 Å². The molecule has 0 amide bonds. The summed E-state index contributed by atoms with van der Waals surface area (Å²) >= 11 is 0. The van der Waals surface area contributed by atoms with E-state index in [1.54, 1.807) is 0 Å². The first-order valence-electron chi connectivity index (χ1n) is 0. The molecule has 0 aliphatic heterocycles. The summed E-state index contributed by atoms with van der Waals surface area (Å²) in [5.74, 6) is 0. The fourth-order valence-electron chi connectivity index (χ4n) is 0. The van der Waals surface area contributed by atoms with Crippen molar-refractivity contribution in [2.45, 2.75) is 0 Å². The smallest absolute Gasteiger partial charge is 0 e. The standard InChI is InChI=1S/Al.Nd.2Ti.3H.